The van der Waals surface area contributed by atoms with Gasteiger partial charge in [0.1, 0.15) is 17.3 Å². The summed E-state index contributed by atoms with van der Waals surface area (Å²) in [5.41, 5.74) is 4.56. The highest BCUT2D eigenvalue weighted by atomic mass is 19.1. The van der Waals surface area contributed by atoms with E-state index in [9.17, 15) is 9.18 Å². The van der Waals surface area contributed by atoms with Crippen LogP contribution in [0.4, 0.5) is 10.2 Å². The number of carbonyl (C=O) groups excluding carboxylic acids is 1. The molecule has 0 saturated carbocycles. The molecule has 6 heteroatoms. The van der Waals surface area contributed by atoms with Gasteiger partial charge in [0.2, 0.25) is 0 Å². The van der Waals surface area contributed by atoms with E-state index in [4.69, 9.17) is 5.84 Å². The molecule has 0 bridgehead atoms. The van der Waals surface area contributed by atoms with E-state index in [-0.39, 0.29) is 11.7 Å². The van der Waals surface area contributed by atoms with Gasteiger partial charge in [0.15, 0.2) is 0 Å². The zero-order valence-electron chi connectivity index (χ0n) is 11.7. The van der Waals surface area contributed by atoms with Crippen molar-refractivity contribution in [3.05, 3.63) is 59.0 Å². The highest BCUT2D eigenvalue weighted by molar-refractivity contribution is 5.92. The average Bonchev–Trinajstić information content (AvgIpc) is 2.49. The van der Waals surface area contributed by atoms with Crippen LogP contribution in [0.5, 0.6) is 0 Å². The monoisotopic (exact) mass is 288 g/mol. The summed E-state index contributed by atoms with van der Waals surface area (Å²) >= 11 is 0. The lowest BCUT2D eigenvalue weighted by Crippen LogP contribution is -2.27. The molecule has 0 aliphatic heterocycles. The maximum absolute atomic E-state index is 13.0. The van der Waals surface area contributed by atoms with Gasteiger partial charge in [-0.05, 0) is 48.7 Å². The summed E-state index contributed by atoms with van der Waals surface area (Å²) in [4.78, 5) is 16.0. The minimum Gasteiger partial charge on any atom is -0.350 e. The predicted octanol–water partition coefficient (Wildman–Crippen LogP) is 1.79. The second-order valence-electron chi connectivity index (χ2n) is 4.63. The Morgan fingerprint density at radius 2 is 2.14 bits per heavy atom. The van der Waals surface area contributed by atoms with Gasteiger partial charge >= 0.3 is 0 Å². The molecule has 1 aromatic heterocycles. The zero-order valence-corrected chi connectivity index (χ0v) is 11.7. The molecule has 0 unspecified atom stereocenters. The summed E-state index contributed by atoms with van der Waals surface area (Å²) in [7, 11) is 0. The number of aryl methyl sites for hydroxylation is 1. The molecule has 0 aliphatic rings. The van der Waals surface area contributed by atoms with Crippen LogP contribution in [0.25, 0.3) is 0 Å². The van der Waals surface area contributed by atoms with Gasteiger partial charge < -0.3 is 10.7 Å². The Kier molecular flexibility index (Phi) is 4.84. The lowest BCUT2D eigenvalue weighted by molar-refractivity contribution is 0.0949. The summed E-state index contributed by atoms with van der Waals surface area (Å²) in [6.45, 7) is 2.30. The van der Waals surface area contributed by atoms with Crippen molar-refractivity contribution in [1.82, 2.24) is 10.3 Å². The molecule has 1 aromatic carbocycles. The van der Waals surface area contributed by atoms with Gasteiger partial charge in [-0.2, -0.15) is 0 Å². The van der Waals surface area contributed by atoms with Crippen LogP contribution in [-0.4, -0.2) is 17.4 Å². The van der Waals surface area contributed by atoms with E-state index >= 15 is 0 Å². The number of amides is 1. The summed E-state index contributed by atoms with van der Waals surface area (Å²) in [5, 5.41) is 2.78. The van der Waals surface area contributed by atoms with E-state index in [1.54, 1.807) is 24.3 Å². The van der Waals surface area contributed by atoms with Crippen LogP contribution in [0.15, 0.2) is 36.4 Å². The number of carbonyl (C=O) groups is 1. The van der Waals surface area contributed by atoms with Crippen molar-refractivity contribution in [2.24, 2.45) is 5.84 Å². The number of nitrogens with zero attached hydrogens (tertiary/aromatic N) is 1. The molecule has 1 heterocycles. The van der Waals surface area contributed by atoms with Gasteiger partial charge in [-0.3, -0.25) is 4.79 Å². The maximum Gasteiger partial charge on any atom is 0.269 e. The molecule has 2 aromatic rings. The summed E-state index contributed by atoms with van der Waals surface area (Å²) < 4.78 is 13.0. The minimum atomic E-state index is -0.271. The molecule has 2 rings (SSSR count). The van der Waals surface area contributed by atoms with Crippen molar-refractivity contribution in [3.63, 3.8) is 0 Å². The first kappa shape index (κ1) is 14.9. The Morgan fingerprint density at radius 3 is 2.86 bits per heavy atom. The number of benzene rings is 1. The van der Waals surface area contributed by atoms with E-state index < -0.39 is 0 Å². The van der Waals surface area contributed by atoms with E-state index in [0.717, 1.165) is 11.1 Å². The molecular weight excluding hydrogens is 271 g/mol. The first-order chi connectivity index (χ1) is 10.1. The molecule has 5 nitrogen and oxygen atoms in total. The van der Waals surface area contributed by atoms with Crippen molar-refractivity contribution in [2.75, 3.05) is 12.0 Å². The minimum absolute atomic E-state index is 0.254. The van der Waals surface area contributed by atoms with Gasteiger partial charge in [0.05, 0.1) is 0 Å². The van der Waals surface area contributed by atoms with Gasteiger partial charge in [0.25, 0.3) is 5.91 Å². The number of aromatic nitrogens is 1. The summed E-state index contributed by atoms with van der Waals surface area (Å²) in [5.74, 6) is 5.15. The average molecular weight is 288 g/mol. The standard InChI is InChI=1S/C15H17FN4O/c1-10-9-12(16)6-5-11(10)7-8-18-15(21)13-3-2-4-14(19-13)20-17/h2-6,9H,7-8,17H2,1H3,(H,18,21)(H,19,20). The highest BCUT2D eigenvalue weighted by Gasteiger charge is 2.07. The molecule has 4 N–H and O–H groups in total. The lowest BCUT2D eigenvalue weighted by atomic mass is 10.1. The van der Waals surface area contributed by atoms with Gasteiger partial charge in [-0.25, -0.2) is 15.2 Å². The largest absolute Gasteiger partial charge is 0.350 e. The third kappa shape index (κ3) is 4.00. The van der Waals surface area contributed by atoms with E-state index in [1.807, 2.05) is 6.92 Å². The summed E-state index contributed by atoms with van der Waals surface area (Å²) in [6.07, 6.45) is 0.632. The lowest BCUT2D eigenvalue weighted by Gasteiger charge is -2.08. The van der Waals surface area contributed by atoms with Crippen molar-refractivity contribution >= 4 is 11.7 Å². The van der Waals surface area contributed by atoms with Gasteiger partial charge in [-0.1, -0.05) is 12.1 Å². The third-order valence-corrected chi connectivity index (χ3v) is 3.11. The van der Waals surface area contributed by atoms with Crippen LogP contribution in [0, 0.1) is 12.7 Å². The first-order valence-electron chi connectivity index (χ1n) is 6.57. The molecular formula is C15H17FN4O. The van der Waals surface area contributed by atoms with Crippen molar-refractivity contribution in [2.45, 2.75) is 13.3 Å². The normalized spacial score (nSPS) is 10.2. The van der Waals surface area contributed by atoms with Gasteiger partial charge in [0, 0.05) is 6.54 Å². The fraction of sp³-hybridized carbons (Fsp3) is 0.200. The third-order valence-electron chi connectivity index (χ3n) is 3.11. The molecule has 110 valence electrons. The van der Waals surface area contributed by atoms with E-state index in [0.29, 0.717) is 24.5 Å². The Balaban J connectivity index is 1.92. The van der Waals surface area contributed by atoms with Crippen LogP contribution in [-0.2, 0) is 6.42 Å². The molecule has 0 atom stereocenters. The zero-order chi connectivity index (χ0) is 15.2. The number of nitrogens with two attached hydrogens (primary N) is 1. The fourth-order valence-electron chi connectivity index (χ4n) is 1.98. The van der Waals surface area contributed by atoms with Crippen LogP contribution in [0.3, 0.4) is 0 Å². The van der Waals surface area contributed by atoms with E-state index in [1.165, 1.54) is 12.1 Å². The molecule has 0 spiro atoms. The maximum atomic E-state index is 13.0. The Hall–Kier alpha value is -2.47. The van der Waals surface area contributed by atoms with Crippen LogP contribution < -0.4 is 16.6 Å². The number of hydrogen-bond acceptors (Lipinski definition) is 4. The van der Waals surface area contributed by atoms with Crippen molar-refractivity contribution < 1.29 is 9.18 Å². The smallest absolute Gasteiger partial charge is 0.269 e. The second kappa shape index (κ2) is 6.81. The predicted molar refractivity (Wildman–Crippen MR) is 79.2 cm³/mol. The number of nitrogen functional groups attached to an aromatic ring is 1. The Morgan fingerprint density at radius 1 is 1.33 bits per heavy atom. The molecule has 0 fully saturated rings. The molecule has 21 heavy (non-hydrogen) atoms. The van der Waals surface area contributed by atoms with E-state index in [2.05, 4.69) is 15.7 Å². The number of hydrogen-bond donors (Lipinski definition) is 3. The topological polar surface area (TPSA) is 80.0 Å². The van der Waals surface area contributed by atoms with Crippen LogP contribution >= 0.6 is 0 Å². The summed E-state index contributed by atoms with van der Waals surface area (Å²) in [6, 6.07) is 9.60. The fourth-order valence-corrected chi connectivity index (χ4v) is 1.98. The first-order valence-corrected chi connectivity index (χ1v) is 6.57. The number of nitrogens with one attached hydrogen (secondary N) is 2. The number of pyridine rings is 1. The van der Waals surface area contributed by atoms with Crippen LogP contribution in [0.2, 0.25) is 0 Å². The second-order valence-corrected chi connectivity index (χ2v) is 4.63. The number of hydrazine groups is 1. The molecule has 1 amide bonds. The Labute approximate surface area is 122 Å². The van der Waals surface area contributed by atoms with Crippen LogP contribution in [0.1, 0.15) is 21.6 Å². The van der Waals surface area contributed by atoms with Crippen molar-refractivity contribution in [1.29, 1.82) is 0 Å². The van der Waals surface area contributed by atoms with Gasteiger partial charge in [-0.15, -0.1) is 0 Å². The highest BCUT2D eigenvalue weighted by Crippen LogP contribution is 2.10. The molecule has 0 aliphatic carbocycles. The molecule has 0 saturated heterocycles. The van der Waals surface area contributed by atoms with Crippen molar-refractivity contribution in [3.8, 4) is 0 Å². The number of anilines is 1. The molecule has 0 radical (unpaired) electrons. The number of halogens is 1. The SMILES string of the molecule is Cc1cc(F)ccc1CCNC(=O)c1cccc(NN)n1. The number of rotatable bonds is 5. The quantitative estimate of drug-likeness (QED) is 0.579. The Bertz CT molecular complexity index is 645.